The highest BCUT2D eigenvalue weighted by atomic mass is 16.5. The van der Waals surface area contributed by atoms with Crippen LogP contribution in [0.1, 0.15) is 61.2 Å². The van der Waals surface area contributed by atoms with E-state index in [0.29, 0.717) is 50.5 Å². The van der Waals surface area contributed by atoms with Gasteiger partial charge in [-0.2, -0.15) is 0 Å². The predicted molar refractivity (Wildman–Crippen MR) is 134 cm³/mol. The van der Waals surface area contributed by atoms with E-state index in [1.54, 1.807) is 4.68 Å². The number of pyridine rings is 1. The largest absolute Gasteiger partial charge is 0.466 e. The number of esters is 1. The van der Waals surface area contributed by atoms with Crippen molar-refractivity contribution in [3.8, 4) is 0 Å². The molecule has 10 heteroatoms. The van der Waals surface area contributed by atoms with Crippen LogP contribution in [0.2, 0.25) is 0 Å². The number of carbonyl (C=O) groups is 1. The third kappa shape index (κ3) is 4.92. The van der Waals surface area contributed by atoms with Crippen molar-refractivity contribution < 1.29 is 14.3 Å². The second-order valence-corrected chi connectivity index (χ2v) is 9.92. The normalized spacial score (nSPS) is 20.1. The second kappa shape index (κ2) is 10.5. The summed E-state index contributed by atoms with van der Waals surface area (Å²) in [7, 11) is 0. The fourth-order valence-corrected chi connectivity index (χ4v) is 5.58. The van der Waals surface area contributed by atoms with Gasteiger partial charge in [0.05, 0.1) is 30.7 Å². The van der Waals surface area contributed by atoms with Crippen molar-refractivity contribution in [2.45, 2.75) is 65.1 Å². The molecule has 0 bridgehead atoms. The molecule has 2 fully saturated rings. The second-order valence-electron chi connectivity index (χ2n) is 9.92. The molecular weight excluding hydrogens is 460 g/mol. The predicted octanol–water partition coefficient (Wildman–Crippen LogP) is 2.67. The number of aryl methyl sites for hydroxylation is 2. The van der Waals surface area contributed by atoms with Gasteiger partial charge in [0.15, 0.2) is 5.82 Å². The minimum atomic E-state index is -0.446. The van der Waals surface area contributed by atoms with Gasteiger partial charge in [0.1, 0.15) is 6.04 Å². The van der Waals surface area contributed by atoms with Crippen LogP contribution in [0.15, 0.2) is 23.0 Å². The summed E-state index contributed by atoms with van der Waals surface area (Å²) >= 11 is 0. The number of H-pyrrole nitrogens is 1. The molecule has 2 atom stereocenters. The van der Waals surface area contributed by atoms with E-state index in [1.165, 1.54) is 0 Å². The summed E-state index contributed by atoms with van der Waals surface area (Å²) in [5.41, 5.74) is 3.45. The number of carbonyl (C=O) groups excluding carboxylic acids is 1. The van der Waals surface area contributed by atoms with Crippen molar-refractivity contribution in [3.05, 3.63) is 51.1 Å². The number of hydrogen-bond donors (Lipinski definition) is 1. The Balaban J connectivity index is 1.54. The molecule has 1 N–H and O–H groups in total. The Bertz CT molecular complexity index is 1290. The number of fused-ring (bicyclic) bond motifs is 1. The molecule has 0 radical (unpaired) electrons. The first-order valence-electron chi connectivity index (χ1n) is 12.9. The molecule has 0 unspecified atom stereocenters. The third-order valence-corrected chi connectivity index (χ3v) is 7.34. The summed E-state index contributed by atoms with van der Waals surface area (Å²) in [6.45, 7) is 8.81. The maximum absolute atomic E-state index is 13.5. The van der Waals surface area contributed by atoms with Gasteiger partial charge in [-0.05, 0) is 80.0 Å². The molecule has 2 aromatic heterocycles. The molecule has 36 heavy (non-hydrogen) atoms. The Morgan fingerprint density at radius 1 is 1.22 bits per heavy atom. The van der Waals surface area contributed by atoms with Gasteiger partial charge in [-0.1, -0.05) is 11.6 Å². The molecule has 4 heterocycles. The number of aromatic amines is 1. The first kappa shape index (κ1) is 24.6. The number of tetrazole rings is 1. The van der Waals surface area contributed by atoms with Crippen LogP contribution in [-0.4, -0.2) is 68.5 Å². The molecule has 3 aromatic rings. The van der Waals surface area contributed by atoms with Gasteiger partial charge in [0, 0.05) is 25.3 Å². The summed E-state index contributed by atoms with van der Waals surface area (Å²) < 4.78 is 12.9. The summed E-state index contributed by atoms with van der Waals surface area (Å²) in [6, 6.07) is 5.68. The summed E-state index contributed by atoms with van der Waals surface area (Å²) in [6.07, 6.45) is 3.36. The van der Waals surface area contributed by atoms with Crippen molar-refractivity contribution >= 4 is 16.9 Å². The van der Waals surface area contributed by atoms with Gasteiger partial charge >= 0.3 is 5.97 Å². The third-order valence-electron chi connectivity index (χ3n) is 7.34. The first-order chi connectivity index (χ1) is 17.4. The average Bonchev–Trinajstić information content (AvgIpc) is 3.54. The van der Waals surface area contributed by atoms with E-state index in [0.717, 1.165) is 41.5 Å². The number of rotatable bonds is 7. The highest BCUT2D eigenvalue weighted by Gasteiger charge is 2.35. The van der Waals surface area contributed by atoms with E-state index in [4.69, 9.17) is 9.47 Å². The molecule has 2 aliphatic rings. The highest BCUT2D eigenvalue weighted by Crippen LogP contribution is 2.32. The van der Waals surface area contributed by atoms with Gasteiger partial charge < -0.3 is 14.5 Å². The molecule has 5 rings (SSSR count). The number of likely N-dealkylation sites (tertiary alicyclic amines) is 1. The summed E-state index contributed by atoms with van der Waals surface area (Å²) in [4.78, 5) is 31.2. The molecule has 2 aliphatic heterocycles. The van der Waals surface area contributed by atoms with E-state index < -0.39 is 6.04 Å². The first-order valence-corrected chi connectivity index (χ1v) is 12.9. The Morgan fingerprint density at radius 2 is 2.03 bits per heavy atom. The fourth-order valence-electron chi connectivity index (χ4n) is 5.58. The monoisotopic (exact) mass is 494 g/mol. The number of benzene rings is 1. The number of ether oxygens (including phenoxy) is 2. The highest BCUT2D eigenvalue weighted by molar-refractivity contribution is 5.83. The van der Waals surface area contributed by atoms with Crippen molar-refractivity contribution in [2.75, 3.05) is 26.3 Å². The van der Waals surface area contributed by atoms with Gasteiger partial charge in [-0.15, -0.1) is 5.10 Å². The molecule has 1 aromatic carbocycles. The minimum absolute atomic E-state index is 0.0580. The van der Waals surface area contributed by atoms with Crippen molar-refractivity contribution in [1.82, 2.24) is 30.1 Å². The zero-order valence-corrected chi connectivity index (χ0v) is 21.2. The molecule has 0 saturated carbocycles. The SMILES string of the molecule is CCOC(=O)C1CCN([C@H](c2cc3cc(C)cc(C)c3[nH]c2=O)c2nnnn2C[C@@H]2CCCO2)CC1. The van der Waals surface area contributed by atoms with E-state index >= 15 is 0 Å². The maximum Gasteiger partial charge on any atom is 0.309 e. The maximum atomic E-state index is 13.5. The Hall–Kier alpha value is -3.11. The van der Waals surface area contributed by atoms with E-state index in [2.05, 4.69) is 44.5 Å². The van der Waals surface area contributed by atoms with Crippen LogP contribution < -0.4 is 5.56 Å². The molecule has 10 nitrogen and oxygen atoms in total. The van der Waals surface area contributed by atoms with Gasteiger partial charge in [-0.3, -0.25) is 14.5 Å². The Labute approximate surface area is 210 Å². The summed E-state index contributed by atoms with van der Waals surface area (Å²) in [5.74, 6) is 0.339. The minimum Gasteiger partial charge on any atom is -0.466 e. The fraction of sp³-hybridized carbons (Fsp3) is 0.577. The Morgan fingerprint density at radius 3 is 2.75 bits per heavy atom. The number of aromatic nitrogens is 5. The molecule has 2 saturated heterocycles. The quantitative estimate of drug-likeness (QED) is 0.499. The molecule has 0 amide bonds. The zero-order chi connectivity index (χ0) is 25.2. The van der Waals surface area contributed by atoms with Crippen LogP contribution in [0.25, 0.3) is 10.9 Å². The summed E-state index contributed by atoms with van der Waals surface area (Å²) in [5, 5.41) is 13.6. The lowest BCUT2D eigenvalue weighted by Gasteiger charge is -2.36. The number of nitrogens with one attached hydrogen (secondary N) is 1. The van der Waals surface area contributed by atoms with E-state index in [1.807, 2.05) is 19.9 Å². The lowest BCUT2D eigenvalue weighted by atomic mass is 9.93. The zero-order valence-electron chi connectivity index (χ0n) is 21.2. The molecular formula is C26H34N6O4. The van der Waals surface area contributed by atoms with Crippen LogP contribution >= 0.6 is 0 Å². The van der Waals surface area contributed by atoms with E-state index in [-0.39, 0.29) is 23.6 Å². The van der Waals surface area contributed by atoms with Crippen LogP contribution in [0, 0.1) is 19.8 Å². The molecule has 192 valence electrons. The average molecular weight is 495 g/mol. The van der Waals surface area contributed by atoms with Gasteiger partial charge in [0.25, 0.3) is 5.56 Å². The van der Waals surface area contributed by atoms with Crippen LogP contribution in [0.4, 0.5) is 0 Å². The smallest absolute Gasteiger partial charge is 0.309 e. The number of piperidine rings is 1. The van der Waals surface area contributed by atoms with Crippen LogP contribution in [0.3, 0.4) is 0 Å². The number of nitrogens with zero attached hydrogens (tertiary/aromatic N) is 5. The van der Waals surface area contributed by atoms with Gasteiger partial charge in [-0.25, -0.2) is 4.68 Å². The molecule has 0 spiro atoms. The topological polar surface area (TPSA) is 115 Å². The van der Waals surface area contributed by atoms with Crippen molar-refractivity contribution in [3.63, 3.8) is 0 Å². The lowest BCUT2D eigenvalue weighted by molar-refractivity contribution is -0.149. The molecule has 0 aliphatic carbocycles. The Kier molecular flexibility index (Phi) is 7.15. The van der Waals surface area contributed by atoms with Crippen LogP contribution in [0.5, 0.6) is 0 Å². The van der Waals surface area contributed by atoms with Crippen molar-refractivity contribution in [1.29, 1.82) is 0 Å². The number of hydrogen-bond acceptors (Lipinski definition) is 8. The lowest BCUT2D eigenvalue weighted by Crippen LogP contribution is -2.42. The van der Waals surface area contributed by atoms with E-state index in [9.17, 15) is 9.59 Å². The standard InChI is InChI=1S/C26H34N6O4/c1-4-35-26(34)18-7-9-31(10-8-18)23(24-28-29-30-32(24)15-20-6-5-11-36-20)21-14-19-13-16(2)12-17(3)22(19)27-25(21)33/h12-14,18,20,23H,4-11,15H2,1-3H3,(H,27,33)/t20-,23+/m0/s1. The van der Waals surface area contributed by atoms with Gasteiger partial charge in [0.2, 0.25) is 0 Å². The van der Waals surface area contributed by atoms with Crippen LogP contribution in [-0.2, 0) is 20.8 Å². The van der Waals surface area contributed by atoms with Crippen molar-refractivity contribution in [2.24, 2.45) is 5.92 Å².